The van der Waals surface area contributed by atoms with Gasteiger partial charge in [0.25, 0.3) is 0 Å². The van der Waals surface area contributed by atoms with Gasteiger partial charge in [-0.1, -0.05) is 0 Å². The molecule has 0 bridgehead atoms. The molecule has 0 spiro atoms. The molecule has 240 valence electrons. The van der Waals surface area contributed by atoms with Crippen molar-refractivity contribution in [1.29, 1.82) is 0 Å². The van der Waals surface area contributed by atoms with E-state index in [4.69, 9.17) is 28.1 Å². The Labute approximate surface area is 248 Å². The third-order valence-electron chi connectivity index (χ3n) is 7.49. The topological polar surface area (TPSA) is 258 Å². The molecular weight excluding hydrogens is 592 g/mol. The van der Waals surface area contributed by atoms with Crippen molar-refractivity contribution in [2.24, 2.45) is 0 Å². The summed E-state index contributed by atoms with van der Waals surface area (Å²) < 4.78 is 33.3. The van der Waals surface area contributed by atoms with Gasteiger partial charge in [0.2, 0.25) is 23.8 Å². The van der Waals surface area contributed by atoms with Crippen LogP contribution in [0.1, 0.15) is 6.92 Å². The number of aromatic hydroxyl groups is 2. The summed E-state index contributed by atoms with van der Waals surface area (Å²) in [5.74, 6) is -2.05. The lowest BCUT2D eigenvalue weighted by Gasteiger charge is -2.39. The van der Waals surface area contributed by atoms with E-state index in [9.17, 15) is 50.8 Å². The molecule has 16 heteroatoms. The first-order valence-corrected chi connectivity index (χ1v) is 13.4. The van der Waals surface area contributed by atoms with Gasteiger partial charge in [-0.2, -0.15) is 0 Å². The lowest BCUT2D eigenvalue weighted by Crippen LogP contribution is -2.60. The summed E-state index contributed by atoms with van der Waals surface area (Å²) in [6.45, 7) is 0.701. The quantitative estimate of drug-likeness (QED) is 0.141. The molecule has 0 amide bonds. The zero-order chi connectivity index (χ0) is 32.0. The van der Waals surface area contributed by atoms with Crippen molar-refractivity contribution in [3.05, 3.63) is 40.6 Å². The minimum absolute atomic E-state index is 0.0140. The number of rotatable bonds is 7. The summed E-state index contributed by atoms with van der Waals surface area (Å²) in [5.41, 5.74) is -1.13. The van der Waals surface area contributed by atoms with Crippen molar-refractivity contribution in [2.45, 2.75) is 68.3 Å². The second-order valence-electron chi connectivity index (χ2n) is 10.4. The summed E-state index contributed by atoms with van der Waals surface area (Å²) in [7, 11) is 1.29. The monoisotopic (exact) mass is 624 g/mol. The highest BCUT2D eigenvalue weighted by atomic mass is 16.7. The number of aliphatic hydroxyl groups is 7. The molecule has 2 aliphatic rings. The Morgan fingerprint density at radius 3 is 2.11 bits per heavy atom. The second kappa shape index (κ2) is 12.4. The average Bonchev–Trinajstić information content (AvgIpc) is 3.00. The van der Waals surface area contributed by atoms with E-state index in [0.29, 0.717) is 0 Å². The molecule has 0 unspecified atom stereocenters. The van der Waals surface area contributed by atoms with Crippen LogP contribution >= 0.6 is 0 Å². The fraction of sp³-hybridized carbons (Fsp3) is 0.464. The van der Waals surface area contributed by atoms with Gasteiger partial charge >= 0.3 is 0 Å². The Morgan fingerprint density at radius 2 is 1.45 bits per heavy atom. The SMILES string of the molecule is COc1cc(-c2oc3cc(O[C@@H]4O[C@@H](CO)[C@H](O)[C@H](O)[C@@H]4O)cc(O)c3c(=O)c2O[C@@H]2O[C@@H](C)[C@H](O)[C@@H](O)[C@@H]2O)ccc1O. The highest BCUT2D eigenvalue weighted by molar-refractivity contribution is 5.88. The number of aliphatic hydroxyl groups excluding tert-OH is 7. The summed E-state index contributed by atoms with van der Waals surface area (Å²) in [6, 6.07) is 6.02. The van der Waals surface area contributed by atoms with E-state index in [1.165, 1.54) is 32.2 Å². The van der Waals surface area contributed by atoms with Gasteiger partial charge in [-0.25, -0.2) is 0 Å². The Bertz CT molecular complexity index is 1550. The number of ether oxygens (including phenoxy) is 5. The summed E-state index contributed by atoms with van der Waals surface area (Å²) in [5, 5.41) is 91.3. The molecule has 16 nitrogen and oxygen atoms in total. The molecule has 0 aliphatic carbocycles. The number of hydrogen-bond acceptors (Lipinski definition) is 16. The van der Waals surface area contributed by atoms with Crippen molar-refractivity contribution in [1.82, 2.24) is 0 Å². The maximum Gasteiger partial charge on any atom is 0.239 e. The molecular formula is C28H32O16. The predicted octanol–water partition coefficient (Wildman–Crippen LogP) is -1.74. The molecule has 2 fully saturated rings. The van der Waals surface area contributed by atoms with Crippen LogP contribution in [0, 0.1) is 0 Å². The Morgan fingerprint density at radius 1 is 0.795 bits per heavy atom. The van der Waals surface area contributed by atoms with Crippen LogP contribution in [0.15, 0.2) is 39.5 Å². The second-order valence-corrected chi connectivity index (χ2v) is 10.4. The molecule has 2 aliphatic heterocycles. The van der Waals surface area contributed by atoms with Crippen LogP contribution in [0.2, 0.25) is 0 Å². The average molecular weight is 625 g/mol. The number of benzene rings is 2. The van der Waals surface area contributed by atoms with Crippen molar-refractivity contribution >= 4 is 11.0 Å². The lowest BCUT2D eigenvalue weighted by atomic mass is 9.99. The van der Waals surface area contributed by atoms with Crippen LogP contribution in [-0.4, -0.2) is 121 Å². The fourth-order valence-corrected chi connectivity index (χ4v) is 4.97. The number of phenols is 2. The molecule has 0 radical (unpaired) electrons. The van der Waals surface area contributed by atoms with Crippen molar-refractivity contribution in [3.63, 3.8) is 0 Å². The molecule has 0 saturated carbocycles. The largest absolute Gasteiger partial charge is 0.507 e. The molecule has 10 atom stereocenters. The van der Waals surface area contributed by atoms with E-state index < -0.39 is 90.3 Å². The molecule has 44 heavy (non-hydrogen) atoms. The van der Waals surface area contributed by atoms with Crippen LogP contribution in [0.4, 0.5) is 0 Å². The van der Waals surface area contributed by atoms with Crippen molar-refractivity contribution in [3.8, 4) is 40.1 Å². The molecule has 2 saturated heterocycles. The Hall–Kier alpha value is -3.71. The van der Waals surface area contributed by atoms with E-state index in [-0.39, 0.29) is 34.2 Å². The molecule has 9 N–H and O–H groups in total. The third-order valence-corrected chi connectivity index (χ3v) is 7.49. The van der Waals surface area contributed by atoms with Crippen LogP contribution in [0.25, 0.3) is 22.3 Å². The molecule has 5 rings (SSSR count). The van der Waals surface area contributed by atoms with E-state index in [0.717, 1.165) is 12.1 Å². The summed E-state index contributed by atoms with van der Waals surface area (Å²) >= 11 is 0. The van der Waals surface area contributed by atoms with Crippen LogP contribution in [-0.2, 0) is 9.47 Å². The van der Waals surface area contributed by atoms with Gasteiger partial charge in [0.1, 0.15) is 65.2 Å². The molecule has 1 aromatic heterocycles. The van der Waals surface area contributed by atoms with E-state index >= 15 is 0 Å². The summed E-state index contributed by atoms with van der Waals surface area (Å²) in [4.78, 5) is 13.8. The first-order valence-electron chi connectivity index (χ1n) is 13.4. The zero-order valence-corrected chi connectivity index (χ0v) is 23.3. The van der Waals surface area contributed by atoms with Gasteiger partial charge in [-0.05, 0) is 25.1 Å². The van der Waals surface area contributed by atoms with Gasteiger partial charge < -0.3 is 74.1 Å². The standard InChI is InChI=1S/C28H32O16/c1-9-18(32)21(35)23(37)27(40-9)44-26-20(34)17-13(31)6-11(41-28-24(38)22(36)19(33)16(8-29)43-28)7-15(17)42-25(26)10-3-4-12(30)14(5-10)39-2/h3-7,9,16,18-19,21-24,27-33,35-38H,8H2,1-2H3/t9-,16-,18-,19-,21+,22-,23-,24-,27-,28+/m0/s1. The van der Waals surface area contributed by atoms with Crippen LogP contribution in [0.3, 0.4) is 0 Å². The zero-order valence-electron chi connectivity index (χ0n) is 23.3. The van der Waals surface area contributed by atoms with Crippen LogP contribution < -0.4 is 19.6 Å². The number of phenolic OH excluding ortho intramolecular Hbond substituents is 2. The van der Waals surface area contributed by atoms with Crippen molar-refractivity contribution < 1.29 is 74.1 Å². The number of methoxy groups -OCH3 is 1. The summed E-state index contributed by atoms with van der Waals surface area (Å²) in [6.07, 6.45) is -15.7. The maximum absolute atomic E-state index is 13.8. The minimum Gasteiger partial charge on any atom is -0.507 e. The first kappa shape index (κ1) is 31.7. The highest BCUT2D eigenvalue weighted by Crippen LogP contribution is 2.40. The minimum atomic E-state index is -1.80. The predicted molar refractivity (Wildman–Crippen MR) is 145 cm³/mol. The highest BCUT2D eigenvalue weighted by Gasteiger charge is 2.45. The van der Waals surface area contributed by atoms with E-state index in [1.54, 1.807) is 0 Å². The Balaban J connectivity index is 1.61. The van der Waals surface area contributed by atoms with Crippen molar-refractivity contribution in [2.75, 3.05) is 13.7 Å². The third kappa shape index (κ3) is 5.63. The molecule has 3 aromatic rings. The maximum atomic E-state index is 13.8. The molecule has 2 aromatic carbocycles. The van der Waals surface area contributed by atoms with Gasteiger partial charge in [-0.3, -0.25) is 4.79 Å². The van der Waals surface area contributed by atoms with Gasteiger partial charge in [0, 0.05) is 17.7 Å². The normalized spacial score (nSPS) is 32.4. The van der Waals surface area contributed by atoms with E-state index in [1.807, 2.05) is 0 Å². The van der Waals surface area contributed by atoms with Gasteiger partial charge in [0.15, 0.2) is 17.3 Å². The fourth-order valence-electron chi connectivity index (χ4n) is 4.97. The van der Waals surface area contributed by atoms with Gasteiger partial charge in [0.05, 0.1) is 19.8 Å². The molecule has 3 heterocycles. The first-order chi connectivity index (χ1) is 20.9. The number of fused-ring (bicyclic) bond motifs is 1. The lowest BCUT2D eigenvalue weighted by molar-refractivity contribution is -0.277. The van der Waals surface area contributed by atoms with E-state index in [2.05, 4.69) is 0 Å². The van der Waals surface area contributed by atoms with Crippen LogP contribution in [0.5, 0.6) is 28.7 Å². The smallest absolute Gasteiger partial charge is 0.239 e. The number of hydrogen-bond donors (Lipinski definition) is 9. The van der Waals surface area contributed by atoms with Gasteiger partial charge in [-0.15, -0.1) is 0 Å². The Kier molecular flexibility index (Phi) is 8.90.